The van der Waals surface area contributed by atoms with Gasteiger partial charge in [-0.1, -0.05) is 33.6 Å². The van der Waals surface area contributed by atoms with E-state index in [9.17, 15) is 0 Å². The first-order valence-corrected chi connectivity index (χ1v) is 7.26. The Bertz CT molecular complexity index is 555. The molecule has 0 aliphatic heterocycles. The fraction of sp³-hybridized carbons (Fsp3) is 0.214. The molecule has 0 aliphatic rings. The lowest BCUT2D eigenvalue weighted by Crippen LogP contribution is -2.14. The number of nitrogens with zero attached hydrogens (tertiary/aromatic N) is 1. The van der Waals surface area contributed by atoms with E-state index in [0.717, 1.165) is 26.5 Å². The smallest absolute Gasteiger partial charge is 0.0410 e. The highest BCUT2D eigenvalue weighted by molar-refractivity contribution is 9.10. The second-order valence-electron chi connectivity index (χ2n) is 4.35. The third-order valence-corrected chi connectivity index (χ3v) is 3.92. The molecule has 0 aliphatic carbocycles. The zero-order valence-corrected chi connectivity index (χ0v) is 13.2. The molecule has 1 atom stereocenters. The molecule has 18 heavy (non-hydrogen) atoms. The Labute approximate surface area is 124 Å². The highest BCUT2D eigenvalue weighted by Gasteiger charge is 2.11. The predicted molar refractivity (Wildman–Crippen MR) is 81.4 cm³/mol. The van der Waals surface area contributed by atoms with Crippen LogP contribution in [0.2, 0.25) is 0 Å². The average Bonchev–Trinajstić information content (AvgIpc) is 2.32. The number of pyridine rings is 1. The standard InChI is InChI=1S/C14H14Br2N2/c1-9-2-3-13(16)12(4-9)14(17)6-10-5-11(15)8-18-7-10/h2-5,7-8,14H,6,17H2,1H3. The van der Waals surface area contributed by atoms with Crippen LogP contribution in [0.15, 0.2) is 45.6 Å². The first-order chi connectivity index (χ1) is 8.56. The molecule has 2 N–H and O–H groups in total. The number of aryl methyl sites for hydroxylation is 1. The summed E-state index contributed by atoms with van der Waals surface area (Å²) >= 11 is 6.98. The summed E-state index contributed by atoms with van der Waals surface area (Å²) in [6, 6.07) is 8.26. The van der Waals surface area contributed by atoms with Crippen LogP contribution in [0.1, 0.15) is 22.7 Å². The van der Waals surface area contributed by atoms with E-state index >= 15 is 0 Å². The molecule has 0 fully saturated rings. The van der Waals surface area contributed by atoms with Crippen LogP contribution in [0.4, 0.5) is 0 Å². The molecule has 0 amide bonds. The molecular formula is C14H14Br2N2. The molecule has 1 unspecified atom stereocenters. The highest BCUT2D eigenvalue weighted by Crippen LogP contribution is 2.26. The van der Waals surface area contributed by atoms with Crippen molar-refractivity contribution in [1.82, 2.24) is 4.98 Å². The van der Waals surface area contributed by atoms with Gasteiger partial charge in [0.05, 0.1) is 0 Å². The Kier molecular flexibility index (Phi) is 4.54. The third kappa shape index (κ3) is 3.40. The second kappa shape index (κ2) is 5.95. The van der Waals surface area contributed by atoms with Crippen molar-refractivity contribution in [2.75, 3.05) is 0 Å². The number of benzene rings is 1. The summed E-state index contributed by atoms with van der Waals surface area (Å²) in [6.45, 7) is 2.07. The average molecular weight is 370 g/mol. The minimum atomic E-state index is -0.0321. The second-order valence-corrected chi connectivity index (χ2v) is 6.12. The molecule has 0 spiro atoms. The fourth-order valence-electron chi connectivity index (χ4n) is 1.88. The van der Waals surface area contributed by atoms with Crippen LogP contribution in [-0.4, -0.2) is 4.98 Å². The molecule has 2 nitrogen and oxygen atoms in total. The normalized spacial score (nSPS) is 12.4. The minimum absolute atomic E-state index is 0.0321. The molecule has 4 heteroatoms. The summed E-state index contributed by atoms with van der Waals surface area (Å²) in [6.07, 6.45) is 4.40. The molecule has 0 saturated heterocycles. The molecule has 94 valence electrons. The van der Waals surface area contributed by atoms with Crippen molar-refractivity contribution in [1.29, 1.82) is 0 Å². The Morgan fingerprint density at radius 1 is 1.22 bits per heavy atom. The van der Waals surface area contributed by atoms with Crippen LogP contribution in [0, 0.1) is 6.92 Å². The maximum absolute atomic E-state index is 6.27. The Morgan fingerprint density at radius 3 is 2.72 bits per heavy atom. The number of rotatable bonds is 3. The summed E-state index contributed by atoms with van der Waals surface area (Å²) in [5, 5.41) is 0. The van der Waals surface area contributed by atoms with Gasteiger partial charge < -0.3 is 5.73 Å². The van der Waals surface area contributed by atoms with Crippen molar-refractivity contribution in [2.24, 2.45) is 5.73 Å². The van der Waals surface area contributed by atoms with Crippen molar-refractivity contribution < 1.29 is 0 Å². The van der Waals surface area contributed by atoms with E-state index in [4.69, 9.17) is 5.73 Å². The number of hydrogen-bond donors (Lipinski definition) is 1. The van der Waals surface area contributed by atoms with Crippen LogP contribution in [0.3, 0.4) is 0 Å². The van der Waals surface area contributed by atoms with Gasteiger partial charge in [-0.15, -0.1) is 0 Å². The number of hydrogen-bond acceptors (Lipinski definition) is 2. The van der Waals surface area contributed by atoms with E-state index < -0.39 is 0 Å². The highest BCUT2D eigenvalue weighted by atomic mass is 79.9. The van der Waals surface area contributed by atoms with Gasteiger partial charge in [0.2, 0.25) is 0 Å². The van der Waals surface area contributed by atoms with Crippen molar-refractivity contribution >= 4 is 31.9 Å². The first kappa shape index (κ1) is 13.7. The SMILES string of the molecule is Cc1ccc(Br)c(C(N)Cc2cncc(Br)c2)c1. The molecule has 1 aromatic carbocycles. The van der Waals surface area contributed by atoms with E-state index in [2.05, 4.69) is 62.0 Å². The van der Waals surface area contributed by atoms with Gasteiger partial charge in [-0.05, 0) is 52.5 Å². The van der Waals surface area contributed by atoms with Crippen molar-refractivity contribution in [3.05, 3.63) is 62.3 Å². The molecule has 0 bridgehead atoms. The molecular weight excluding hydrogens is 356 g/mol. The number of halogens is 2. The maximum Gasteiger partial charge on any atom is 0.0410 e. The van der Waals surface area contributed by atoms with Crippen molar-refractivity contribution in [2.45, 2.75) is 19.4 Å². The predicted octanol–water partition coefficient (Wildman–Crippen LogP) is 4.16. The summed E-state index contributed by atoms with van der Waals surface area (Å²) in [5.41, 5.74) is 9.76. The lowest BCUT2D eigenvalue weighted by Gasteiger charge is -2.14. The van der Waals surface area contributed by atoms with Crippen molar-refractivity contribution in [3.63, 3.8) is 0 Å². The summed E-state index contributed by atoms with van der Waals surface area (Å²) in [5.74, 6) is 0. The number of nitrogens with two attached hydrogens (primary N) is 1. The topological polar surface area (TPSA) is 38.9 Å². The zero-order valence-electron chi connectivity index (χ0n) is 10.0. The first-order valence-electron chi connectivity index (χ1n) is 5.67. The van der Waals surface area contributed by atoms with E-state index in [1.54, 1.807) is 6.20 Å². The molecule has 2 rings (SSSR count). The van der Waals surface area contributed by atoms with Gasteiger partial charge in [-0.3, -0.25) is 4.98 Å². The Hall–Kier alpha value is -0.710. The maximum atomic E-state index is 6.27. The van der Waals surface area contributed by atoms with Crippen molar-refractivity contribution in [3.8, 4) is 0 Å². The monoisotopic (exact) mass is 368 g/mol. The minimum Gasteiger partial charge on any atom is -0.324 e. The lowest BCUT2D eigenvalue weighted by atomic mass is 9.99. The fourth-order valence-corrected chi connectivity index (χ4v) is 2.83. The van der Waals surface area contributed by atoms with Crippen LogP contribution >= 0.6 is 31.9 Å². The van der Waals surface area contributed by atoms with E-state index in [1.807, 2.05) is 12.3 Å². The lowest BCUT2D eigenvalue weighted by molar-refractivity contribution is 0.715. The summed E-state index contributed by atoms with van der Waals surface area (Å²) in [7, 11) is 0. The summed E-state index contributed by atoms with van der Waals surface area (Å²) in [4.78, 5) is 4.16. The van der Waals surface area contributed by atoms with Crippen LogP contribution in [-0.2, 0) is 6.42 Å². The van der Waals surface area contributed by atoms with Crippen LogP contribution in [0.5, 0.6) is 0 Å². The molecule has 1 heterocycles. The van der Waals surface area contributed by atoms with Gasteiger partial charge in [0.25, 0.3) is 0 Å². The van der Waals surface area contributed by atoms with Gasteiger partial charge in [0, 0.05) is 27.4 Å². The van der Waals surface area contributed by atoms with Gasteiger partial charge in [-0.2, -0.15) is 0 Å². The van der Waals surface area contributed by atoms with Gasteiger partial charge in [-0.25, -0.2) is 0 Å². The van der Waals surface area contributed by atoms with Crippen LogP contribution < -0.4 is 5.73 Å². The molecule has 0 saturated carbocycles. The quantitative estimate of drug-likeness (QED) is 0.882. The van der Waals surface area contributed by atoms with E-state index in [-0.39, 0.29) is 6.04 Å². The molecule has 0 radical (unpaired) electrons. The van der Waals surface area contributed by atoms with E-state index in [1.165, 1.54) is 5.56 Å². The van der Waals surface area contributed by atoms with Gasteiger partial charge >= 0.3 is 0 Å². The Balaban J connectivity index is 2.21. The van der Waals surface area contributed by atoms with E-state index in [0.29, 0.717) is 0 Å². The van der Waals surface area contributed by atoms with Gasteiger partial charge in [0.1, 0.15) is 0 Å². The van der Waals surface area contributed by atoms with Gasteiger partial charge in [0.15, 0.2) is 0 Å². The Morgan fingerprint density at radius 2 is 2.00 bits per heavy atom. The number of aromatic nitrogens is 1. The molecule has 1 aromatic heterocycles. The zero-order chi connectivity index (χ0) is 13.1. The van der Waals surface area contributed by atoms with Crippen LogP contribution in [0.25, 0.3) is 0 Å². The largest absolute Gasteiger partial charge is 0.324 e. The summed E-state index contributed by atoms with van der Waals surface area (Å²) < 4.78 is 2.04. The molecule has 2 aromatic rings. The third-order valence-electron chi connectivity index (χ3n) is 2.77.